The minimum atomic E-state index is -0.227. The Labute approximate surface area is 176 Å². The maximum Gasteiger partial charge on any atom is 0.225 e. The average Bonchev–Trinajstić information content (AvgIpc) is 2.73. The highest BCUT2D eigenvalue weighted by Gasteiger charge is 2.23. The molecule has 0 unspecified atom stereocenters. The summed E-state index contributed by atoms with van der Waals surface area (Å²) in [5.41, 5.74) is 5.50. The van der Waals surface area contributed by atoms with Crippen LogP contribution >= 0.6 is 0 Å². The molecule has 154 valence electrons. The van der Waals surface area contributed by atoms with Crippen LogP contribution in [0.15, 0.2) is 48.5 Å². The molecular formula is C25H26FN3O. The van der Waals surface area contributed by atoms with Crippen molar-refractivity contribution < 1.29 is 9.18 Å². The summed E-state index contributed by atoms with van der Waals surface area (Å²) in [6, 6.07) is 14.8. The lowest BCUT2D eigenvalue weighted by molar-refractivity contribution is -0.116. The quantitative estimate of drug-likeness (QED) is 0.619. The highest BCUT2D eigenvalue weighted by molar-refractivity contribution is 5.90. The van der Waals surface area contributed by atoms with E-state index in [0.29, 0.717) is 37.4 Å². The van der Waals surface area contributed by atoms with Gasteiger partial charge in [-0.2, -0.15) is 0 Å². The van der Waals surface area contributed by atoms with Gasteiger partial charge in [-0.1, -0.05) is 44.2 Å². The molecule has 0 saturated carbocycles. The van der Waals surface area contributed by atoms with Gasteiger partial charge in [0.2, 0.25) is 5.91 Å². The van der Waals surface area contributed by atoms with Gasteiger partial charge in [-0.25, -0.2) is 14.4 Å². The van der Waals surface area contributed by atoms with Gasteiger partial charge in [0.15, 0.2) is 5.82 Å². The first-order valence-electron chi connectivity index (χ1n) is 10.5. The molecule has 1 heterocycles. The number of hydrogen-bond donors (Lipinski definition) is 1. The zero-order valence-electron chi connectivity index (χ0n) is 17.4. The number of amides is 1. The summed E-state index contributed by atoms with van der Waals surface area (Å²) >= 11 is 0. The lowest BCUT2D eigenvalue weighted by Gasteiger charge is -2.21. The van der Waals surface area contributed by atoms with Crippen LogP contribution in [-0.4, -0.2) is 15.9 Å². The number of aromatic nitrogens is 2. The van der Waals surface area contributed by atoms with Gasteiger partial charge in [0.05, 0.1) is 17.1 Å². The Morgan fingerprint density at radius 3 is 2.67 bits per heavy atom. The lowest BCUT2D eigenvalue weighted by Crippen LogP contribution is -2.19. The van der Waals surface area contributed by atoms with Crippen molar-refractivity contribution in [1.29, 1.82) is 0 Å². The van der Waals surface area contributed by atoms with E-state index in [1.165, 1.54) is 6.07 Å². The number of nitrogens with zero attached hydrogens (tertiary/aromatic N) is 2. The molecule has 3 aromatic rings. The Kier molecular flexibility index (Phi) is 5.88. The molecule has 30 heavy (non-hydrogen) atoms. The van der Waals surface area contributed by atoms with Gasteiger partial charge < -0.3 is 5.32 Å². The fraction of sp³-hybridized carbons (Fsp3) is 0.320. The minimum Gasteiger partial charge on any atom is -0.309 e. The van der Waals surface area contributed by atoms with E-state index in [4.69, 9.17) is 9.97 Å². The van der Waals surface area contributed by atoms with E-state index in [1.807, 2.05) is 30.3 Å². The highest BCUT2D eigenvalue weighted by Crippen LogP contribution is 2.33. The molecule has 5 heteroatoms. The number of rotatable bonds is 6. The Morgan fingerprint density at radius 1 is 1.10 bits per heavy atom. The van der Waals surface area contributed by atoms with Crippen LogP contribution in [0.5, 0.6) is 0 Å². The number of benzene rings is 2. The largest absolute Gasteiger partial charge is 0.309 e. The van der Waals surface area contributed by atoms with Crippen molar-refractivity contribution in [3.63, 3.8) is 0 Å². The van der Waals surface area contributed by atoms with Crippen LogP contribution in [0.4, 0.5) is 10.2 Å². The Balaban J connectivity index is 1.60. The van der Waals surface area contributed by atoms with E-state index < -0.39 is 0 Å². The first kappa shape index (κ1) is 20.2. The summed E-state index contributed by atoms with van der Waals surface area (Å²) < 4.78 is 13.6. The maximum absolute atomic E-state index is 13.6. The van der Waals surface area contributed by atoms with Crippen molar-refractivity contribution in [3.05, 3.63) is 76.9 Å². The molecular weight excluding hydrogens is 377 g/mol. The van der Waals surface area contributed by atoms with E-state index in [0.717, 1.165) is 40.2 Å². The van der Waals surface area contributed by atoms with Gasteiger partial charge in [-0.05, 0) is 60.9 Å². The van der Waals surface area contributed by atoms with E-state index in [1.54, 1.807) is 12.1 Å². The van der Waals surface area contributed by atoms with Gasteiger partial charge in [0, 0.05) is 12.0 Å². The molecule has 0 bridgehead atoms. The van der Waals surface area contributed by atoms with Crippen LogP contribution < -0.4 is 5.32 Å². The van der Waals surface area contributed by atoms with Crippen molar-refractivity contribution >= 4 is 11.7 Å². The Bertz CT molecular complexity index is 1060. The van der Waals surface area contributed by atoms with Gasteiger partial charge in [-0.3, -0.25) is 4.79 Å². The van der Waals surface area contributed by atoms with Crippen LogP contribution in [0.1, 0.15) is 42.8 Å². The summed E-state index contributed by atoms with van der Waals surface area (Å²) in [4.78, 5) is 22.3. The SMILES string of the molecule is CC(C)Cc1nc2c(nc1NC(=O)CCc1ccccc1)CCc1cc(F)ccc1-2. The lowest BCUT2D eigenvalue weighted by atomic mass is 9.91. The van der Waals surface area contributed by atoms with E-state index in [9.17, 15) is 9.18 Å². The predicted octanol–water partition coefficient (Wildman–Crippen LogP) is 5.15. The molecule has 1 aromatic heterocycles. The number of aryl methyl sites for hydroxylation is 3. The zero-order valence-corrected chi connectivity index (χ0v) is 17.4. The van der Waals surface area contributed by atoms with Crippen molar-refractivity contribution in [2.24, 2.45) is 5.92 Å². The summed E-state index contributed by atoms with van der Waals surface area (Å²) in [6.07, 6.45) is 3.20. The molecule has 0 aliphatic heterocycles. The fourth-order valence-electron chi connectivity index (χ4n) is 3.87. The molecule has 0 spiro atoms. The maximum atomic E-state index is 13.6. The van der Waals surface area contributed by atoms with Crippen molar-refractivity contribution in [3.8, 4) is 11.3 Å². The van der Waals surface area contributed by atoms with Crippen molar-refractivity contribution in [2.45, 2.75) is 46.0 Å². The second kappa shape index (κ2) is 8.74. The van der Waals surface area contributed by atoms with Gasteiger partial charge in [0.25, 0.3) is 0 Å². The third-order valence-electron chi connectivity index (χ3n) is 5.34. The summed E-state index contributed by atoms with van der Waals surface area (Å²) in [5, 5.41) is 3.00. The minimum absolute atomic E-state index is 0.0589. The van der Waals surface area contributed by atoms with Crippen molar-refractivity contribution in [1.82, 2.24) is 9.97 Å². The predicted molar refractivity (Wildman–Crippen MR) is 117 cm³/mol. The van der Waals surface area contributed by atoms with Crippen molar-refractivity contribution in [2.75, 3.05) is 5.32 Å². The van der Waals surface area contributed by atoms with Gasteiger partial charge in [-0.15, -0.1) is 0 Å². The van der Waals surface area contributed by atoms with Crippen LogP contribution in [0.2, 0.25) is 0 Å². The number of fused-ring (bicyclic) bond motifs is 3. The Hall–Kier alpha value is -3.08. The third-order valence-corrected chi connectivity index (χ3v) is 5.34. The molecule has 2 aromatic carbocycles. The molecule has 4 nitrogen and oxygen atoms in total. The van der Waals surface area contributed by atoms with E-state index in [-0.39, 0.29) is 11.7 Å². The average molecular weight is 404 g/mol. The van der Waals surface area contributed by atoms with Gasteiger partial charge in [0.1, 0.15) is 5.82 Å². The first-order chi connectivity index (χ1) is 14.5. The van der Waals surface area contributed by atoms with E-state index >= 15 is 0 Å². The molecule has 1 N–H and O–H groups in total. The number of carbonyl (C=O) groups is 1. The Morgan fingerprint density at radius 2 is 1.90 bits per heavy atom. The number of carbonyl (C=O) groups excluding carboxylic acids is 1. The molecule has 4 rings (SSSR count). The normalized spacial score (nSPS) is 12.4. The molecule has 1 aliphatic rings. The molecule has 0 fully saturated rings. The molecule has 0 atom stereocenters. The molecule has 0 radical (unpaired) electrons. The number of hydrogen-bond acceptors (Lipinski definition) is 3. The monoisotopic (exact) mass is 403 g/mol. The highest BCUT2D eigenvalue weighted by atomic mass is 19.1. The van der Waals surface area contributed by atoms with Gasteiger partial charge >= 0.3 is 0 Å². The second-order valence-corrected chi connectivity index (χ2v) is 8.25. The second-order valence-electron chi connectivity index (χ2n) is 8.25. The molecule has 1 amide bonds. The topological polar surface area (TPSA) is 54.9 Å². The summed E-state index contributed by atoms with van der Waals surface area (Å²) in [7, 11) is 0. The summed E-state index contributed by atoms with van der Waals surface area (Å²) in [6.45, 7) is 4.23. The zero-order chi connectivity index (χ0) is 21.1. The van der Waals surface area contributed by atoms with E-state index in [2.05, 4.69) is 19.2 Å². The number of nitrogens with one attached hydrogen (secondary N) is 1. The van der Waals surface area contributed by atoms with Crippen LogP contribution in [-0.2, 0) is 30.5 Å². The summed E-state index contributed by atoms with van der Waals surface area (Å²) in [5.74, 6) is 0.644. The van der Waals surface area contributed by atoms with Crippen LogP contribution in [0, 0.1) is 11.7 Å². The third kappa shape index (κ3) is 4.56. The number of anilines is 1. The first-order valence-corrected chi connectivity index (χ1v) is 10.5. The van der Waals surface area contributed by atoms with Crippen LogP contribution in [0.3, 0.4) is 0 Å². The molecule has 0 saturated heterocycles. The fourth-order valence-corrected chi connectivity index (χ4v) is 3.87. The smallest absolute Gasteiger partial charge is 0.225 e. The number of halogens is 1. The standard InChI is InChI=1S/C25H26FN3O/c1-16(2)14-22-25(29-23(30)13-8-17-6-4-3-5-7-17)28-21-12-9-18-15-19(26)10-11-20(18)24(21)27-22/h3-7,10-11,15-16H,8-9,12-14H2,1-2H3,(H,28,29,30). The van der Waals surface area contributed by atoms with Crippen LogP contribution in [0.25, 0.3) is 11.3 Å². The molecule has 1 aliphatic carbocycles.